The topological polar surface area (TPSA) is 68.0 Å². The van der Waals surface area contributed by atoms with E-state index in [4.69, 9.17) is 15.2 Å². The minimum Gasteiger partial charge on any atom is -0.456 e. The van der Waals surface area contributed by atoms with E-state index >= 15 is 0 Å². The highest BCUT2D eigenvalue weighted by Gasteiger charge is 2.54. The average molecular weight is 458 g/mol. The first kappa shape index (κ1) is 22.1. The Morgan fingerprint density at radius 3 is 1.79 bits per heavy atom. The lowest BCUT2D eigenvalue weighted by Crippen LogP contribution is -2.33. The van der Waals surface area contributed by atoms with Crippen LogP contribution in [0.25, 0.3) is 0 Å². The summed E-state index contributed by atoms with van der Waals surface area (Å²) in [7, 11) is 0. The number of nitrogens with zero attached hydrogens (tertiary/aromatic N) is 2. The second kappa shape index (κ2) is 8.28. The van der Waals surface area contributed by atoms with E-state index in [-0.39, 0.29) is 0 Å². The molecule has 0 aromatic heterocycles. The molecular weight excluding hydrogens is 426 g/mol. The van der Waals surface area contributed by atoms with Crippen molar-refractivity contribution in [3.8, 4) is 11.5 Å². The summed E-state index contributed by atoms with van der Waals surface area (Å²) in [5.74, 6) is 0.973. The molecule has 2 aliphatic rings. The Hall–Kier alpha value is -3.67. The molecule has 0 atom stereocenters. The van der Waals surface area contributed by atoms with Crippen molar-refractivity contribution in [2.75, 3.05) is 41.7 Å². The van der Waals surface area contributed by atoms with E-state index in [9.17, 15) is 4.79 Å². The van der Waals surface area contributed by atoms with Crippen molar-refractivity contribution < 1.29 is 14.3 Å². The molecule has 0 saturated heterocycles. The van der Waals surface area contributed by atoms with Gasteiger partial charge in [0.1, 0.15) is 11.5 Å². The van der Waals surface area contributed by atoms with Crippen LogP contribution >= 0.6 is 0 Å². The molecule has 2 heterocycles. The summed E-state index contributed by atoms with van der Waals surface area (Å²) < 4.78 is 12.8. The van der Waals surface area contributed by atoms with Gasteiger partial charge in [-0.25, -0.2) is 4.79 Å². The number of carbonyl (C=O) groups excluding carboxylic acids is 1. The molecule has 2 N–H and O–H groups in total. The summed E-state index contributed by atoms with van der Waals surface area (Å²) in [6.45, 7) is 12.1. The predicted octanol–water partition coefficient (Wildman–Crippen LogP) is 5.53. The van der Waals surface area contributed by atoms with E-state index in [1.165, 1.54) is 0 Å². The maximum absolute atomic E-state index is 13.2. The van der Waals surface area contributed by atoms with Gasteiger partial charge in [-0.15, -0.1) is 0 Å². The van der Waals surface area contributed by atoms with Crippen LogP contribution in [-0.2, 0) is 10.3 Å². The van der Waals surface area contributed by atoms with Gasteiger partial charge in [0.05, 0.1) is 5.56 Å². The highest BCUT2D eigenvalue weighted by Crippen LogP contribution is 2.57. The first-order valence-electron chi connectivity index (χ1n) is 12.1. The van der Waals surface area contributed by atoms with Gasteiger partial charge in [-0.1, -0.05) is 12.1 Å². The van der Waals surface area contributed by atoms with Crippen molar-refractivity contribution in [2.24, 2.45) is 0 Å². The van der Waals surface area contributed by atoms with Crippen LogP contribution in [0.2, 0.25) is 0 Å². The van der Waals surface area contributed by atoms with Crippen LogP contribution in [0.3, 0.4) is 0 Å². The average Bonchev–Trinajstić information content (AvgIpc) is 3.14. The van der Waals surface area contributed by atoms with Crippen LogP contribution < -0.4 is 20.3 Å². The van der Waals surface area contributed by atoms with Crippen LogP contribution in [0.15, 0.2) is 54.6 Å². The minimum atomic E-state index is -1.10. The fraction of sp³-hybridized carbons (Fsp3) is 0.321. The number of nitrogens with two attached hydrogens (primary N) is 1. The second-order valence-electron chi connectivity index (χ2n) is 8.65. The highest BCUT2D eigenvalue weighted by atomic mass is 16.6. The molecule has 6 nitrogen and oxygen atoms in total. The van der Waals surface area contributed by atoms with Gasteiger partial charge in [-0.2, -0.15) is 0 Å². The SMILES string of the molecule is CCN(CC)c1ccc2c(c1)Oc1cc(N(CC)CC)ccc1C21OC(=O)c2c(N)cccc21. The molecule has 0 aliphatic carbocycles. The van der Waals surface area contributed by atoms with Crippen LogP contribution in [0.1, 0.15) is 54.7 Å². The maximum Gasteiger partial charge on any atom is 0.342 e. The molecule has 2 aliphatic heterocycles. The van der Waals surface area contributed by atoms with Crippen molar-refractivity contribution in [3.05, 3.63) is 76.9 Å². The Morgan fingerprint density at radius 2 is 1.29 bits per heavy atom. The zero-order valence-corrected chi connectivity index (χ0v) is 20.2. The van der Waals surface area contributed by atoms with Crippen molar-refractivity contribution in [1.29, 1.82) is 0 Å². The number of anilines is 3. The molecule has 3 aromatic carbocycles. The van der Waals surface area contributed by atoms with Crippen LogP contribution in [0.4, 0.5) is 17.1 Å². The normalized spacial score (nSPS) is 14.6. The van der Waals surface area contributed by atoms with Crippen LogP contribution in [-0.4, -0.2) is 32.1 Å². The van der Waals surface area contributed by atoms with E-state index in [1.54, 1.807) is 6.07 Å². The van der Waals surface area contributed by atoms with Gasteiger partial charge in [-0.3, -0.25) is 0 Å². The van der Waals surface area contributed by atoms with Gasteiger partial charge in [-0.05, 0) is 58.0 Å². The quantitative estimate of drug-likeness (QED) is 0.388. The predicted molar refractivity (Wildman–Crippen MR) is 136 cm³/mol. The van der Waals surface area contributed by atoms with Gasteiger partial charge in [0.25, 0.3) is 0 Å². The molecule has 0 saturated carbocycles. The van der Waals surface area contributed by atoms with E-state index in [2.05, 4.69) is 61.8 Å². The molecular formula is C28H31N3O3. The van der Waals surface area contributed by atoms with Gasteiger partial charge in [0.15, 0.2) is 5.60 Å². The summed E-state index contributed by atoms with van der Waals surface area (Å²) in [4.78, 5) is 17.7. The Labute approximate surface area is 200 Å². The number of nitrogen functional groups attached to an aromatic ring is 1. The molecule has 0 fully saturated rings. The van der Waals surface area contributed by atoms with Gasteiger partial charge >= 0.3 is 5.97 Å². The first-order chi connectivity index (χ1) is 16.5. The summed E-state index contributed by atoms with van der Waals surface area (Å²) in [5, 5.41) is 0. The Morgan fingerprint density at radius 1 is 0.765 bits per heavy atom. The largest absolute Gasteiger partial charge is 0.456 e. The molecule has 176 valence electrons. The van der Waals surface area contributed by atoms with E-state index in [0.717, 1.165) is 54.2 Å². The Bertz CT molecular complexity index is 1200. The van der Waals surface area contributed by atoms with Gasteiger partial charge in [0, 0.05) is 72.1 Å². The van der Waals surface area contributed by atoms with Crippen LogP contribution in [0, 0.1) is 0 Å². The van der Waals surface area contributed by atoms with Crippen molar-refractivity contribution >= 4 is 23.0 Å². The molecule has 5 rings (SSSR count). The number of esters is 1. The fourth-order valence-electron chi connectivity index (χ4n) is 5.34. The first-order valence-corrected chi connectivity index (χ1v) is 12.1. The molecule has 0 amide bonds. The molecule has 6 heteroatoms. The fourth-order valence-corrected chi connectivity index (χ4v) is 5.34. The summed E-state index contributed by atoms with van der Waals surface area (Å²) in [5.41, 5.74) is 10.5. The molecule has 34 heavy (non-hydrogen) atoms. The standard InChI is InChI=1S/C28H31N3O3/c1-5-30(6-2)18-12-14-20-24(16-18)33-25-17-19(31(7-3)8-4)13-15-21(25)28(20)22-10-9-11-23(29)26(22)27(32)34-28/h9-17H,5-8,29H2,1-4H3. The minimum absolute atomic E-state index is 0.410. The van der Waals surface area contributed by atoms with E-state index < -0.39 is 11.6 Å². The number of benzene rings is 3. The summed E-state index contributed by atoms with van der Waals surface area (Å²) in [6.07, 6.45) is 0. The van der Waals surface area contributed by atoms with Gasteiger partial charge in [0.2, 0.25) is 0 Å². The second-order valence-corrected chi connectivity index (χ2v) is 8.65. The van der Waals surface area contributed by atoms with Crippen molar-refractivity contribution in [3.63, 3.8) is 0 Å². The maximum atomic E-state index is 13.2. The number of ether oxygens (including phenoxy) is 2. The smallest absolute Gasteiger partial charge is 0.342 e. The van der Waals surface area contributed by atoms with E-state index in [0.29, 0.717) is 22.7 Å². The number of hydrogen-bond acceptors (Lipinski definition) is 6. The zero-order valence-electron chi connectivity index (χ0n) is 20.2. The lowest BCUT2D eigenvalue weighted by molar-refractivity contribution is 0.0225. The Kier molecular flexibility index (Phi) is 5.39. The highest BCUT2D eigenvalue weighted by molar-refractivity contribution is 6.01. The molecule has 1 spiro atoms. The Balaban J connectivity index is 1.78. The summed E-state index contributed by atoms with van der Waals surface area (Å²) in [6, 6.07) is 17.9. The molecule has 3 aromatic rings. The van der Waals surface area contributed by atoms with Crippen molar-refractivity contribution in [2.45, 2.75) is 33.3 Å². The third-order valence-corrected chi connectivity index (χ3v) is 7.09. The number of fused-ring (bicyclic) bond motifs is 6. The monoisotopic (exact) mass is 457 g/mol. The van der Waals surface area contributed by atoms with Crippen LogP contribution in [0.5, 0.6) is 11.5 Å². The zero-order chi connectivity index (χ0) is 24.0. The third-order valence-electron chi connectivity index (χ3n) is 7.09. The lowest BCUT2D eigenvalue weighted by atomic mass is 9.77. The lowest BCUT2D eigenvalue weighted by Gasteiger charge is -2.37. The van der Waals surface area contributed by atoms with Gasteiger partial charge < -0.3 is 25.0 Å². The third kappa shape index (κ3) is 3.05. The molecule has 0 unspecified atom stereocenters. The molecule has 0 bridgehead atoms. The number of rotatable bonds is 6. The number of hydrogen-bond donors (Lipinski definition) is 1. The summed E-state index contributed by atoms with van der Waals surface area (Å²) >= 11 is 0. The number of carbonyl (C=O) groups is 1. The molecule has 0 radical (unpaired) electrons. The van der Waals surface area contributed by atoms with E-state index in [1.807, 2.05) is 24.3 Å². The van der Waals surface area contributed by atoms with Crippen molar-refractivity contribution in [1.82, 2.24) is 0 Å².